The van der Waals surface area contributed by atoms with E-state index in [1.165, 1.54) is 0 Å². The van der Waals surface area contributed by atoms with E-state index in [4.69, 9.17) is 0 Å². The van der Waals surface area contributed by atoms with E-state index in [9.17, 15) is 18.0 Å². The number of alkyl halides is 3. The van der Waals surface area contributed by atoms with Crippen LogP contribution in [0.1, 0.15) is 16.1 Å². The molecule has 0 aliphatic carbocycles. The topological polar surface area (TPSA) is 79.8 Å². The molecule has 132 valence electrons. The van der Waals surface area contributed by atoms with Gasteiger partial charge in [-0.25, -0.2) is 15.0 Å². The number of benzene rings is 1. The van der Waals surface area contributed by atoms with Gasteiger partial charge in [0.25, 0.3) is 5.91 Å². The maximum atomic E-state index is 12.5. The van der Waals surface area contributed by atoms with Crippen LogP contribution in [0.15, 0.2) is 61.1 Å². The molecule has 0 saturated heterocycles. The van der Waals surface area contributed by atoms with E-state index >= 15 is 0 Å². The van der Waals surface area contributed by atoms with Gasteiger partial charge in [0.15, 0.2) is 0 Å². The Morgan fingerprint density at radius 2 is 1.69 bits per heavy atom. The molecule has 0 atom stereocenters. The quantitative estimate of drug-likeness (QED) is 0.739. The van der Waals surface area contributed by atoms with Gasteiger partial charge in [-0.1, -0.05) is 6.07 Å². The molecule has 1 aromatic carbocycles. The number of anilines is 3. The van der Waals surface area contributed by atoms with Gasteiger partial charge in [0.2, 0.25) is 5.95 Å². The number of amides is 1. The Kier molecular flexibility index (Phi) is 4.78. The summed E-state index contributed by atoms with van der Waals surface area (Å²) in [4.78, 5) is 23.6. The molecule has 3 rings (SSSR count). The van der Waals surface area contributed by atoms with Crippen molar-refractivity contribution in [2.24, 2.45) is 0 Å². The third-order valence-corrected chi connectivity index (χ3v) is 3.26. The molecule has 0 aliphatic heterocycles. The second-order valence-corrected chi connectivity index (χ2v) is 5.16. The predicted molar refractivity (Wildman–Crippen MR) is 88.9 cm³/mol. The van der Waals surface area contributed by atoms with Crippen LogP contribution in [-0.4, -0.2) is 20.9 Å². The first-order chi connectivity index (χ1) is 12.4. The van der Waals surface area contributed by atoms with Crippen molar-refractivity contribution in [3.05, 3.63) is 72.3 Å². The number of halogens is 3. The van der Waals surface area contributed by atoms with Crippen molar-refractivity contribution in [3.63, 3.8) is 0 Å². The first-order valence-corrected chi connectivity index (χ1v) is 7.40. The lowest BCUT2D eigenvalue weighted by atomic mass is 10.2. The summed E-state index contributed by atoms with van der Waals surface area (Å²) in [5.41, 5.74) is 0.0394. The standard InChI is InChI=1S/C17H12F3N5O/c18-17(19,20)14-6-5-13(10-23-14)24-15(26)11-3-1-4-12(9-11)25-16-21-7-2-8-22-16/h1-10H,(H,24,26)(H,21,22,25). The fourth-order valence-electron chi connectivity index (χ4n) is 2.07. The zero-order valence-electron chi connectivity index (χ0n) is 13.2. The van der Waals surface area contributed by atoms with Crippen molar-refractivity contribution in [3.8, 4) is 0 Å². The first-order valence-electron chi connectivity index (χ1n) is 7.40. The number of carbonyl (C=O) groups is 1. The smallest absolute Gasteiger partial charge is 0.324 e. The molecule has 2 N–H and O–H groups in total. The Bertz CT molecular complexity index is 898. The van der Waals surface area contributed by atoms with E-state index in [1.54, 1.807) is 42.7 Å². The zero-order chi connectivity index (χ0) is 18.6. The van der Waals surface area contributed by atoms with Gasteiger partial charge < -0.3 is 10.6 Å². The largest absolute Gasteiger partial charge is 0.433 e. The summed E-state index contributed by atoms with van der Waals surface area (Å²) in [5.74, 6) is -0.110. The number of aromatic nitrogens is 3. The average molecular weight is 359 g/mol. The molecule has 9 heteroatoms. The summed E-state index contributed by atoms with van der Waals surface area (Å²) in [6, 6.07) is 10.2. The van der Waals surface area contributed by atoms with Gasteiger partial charge >= 0.3 is 6.18 Å². The van der Waals surface area contributed by atoms with E-state index in [-0.39, 0.29) is 5.69 Å². The van der Waals surface area contributed by atoms with Crippen LogP contribution >= 0.6 is 0 Å². The zero-order valence-corrected chi connectivity index (χ0v) is 13.2. The number of carbonyl (C=O) groups excluding carboxylic acids is 1. The maximum Gasteiger partial charge on any atom is 0.433 e. The van der Waals surface area contributed by atoms with E-state index in [0.29, 0.717) is 17.2 Å². The Balaban J connectivity index is 1.71. The molecule has 0 fully saturated rings. The van der Waals surface area contributed by atoms with Crippen molar-refractivity contribution in [1.29, 1.82) is 0 Å². The maximum absolute atomic E-state index is 12.5. The number of rotatable bonds is 4. The Morgan fingerprint density at radius 3 is 2.35 bits per heavy atom. The van der Waals surface area contributed by atoms with Crippen molar-refractivity contribution < 1.29 is 18.0 Å². The van der Waals surface area contributed by atoms with Crippen molar-refractivity contribution in [2.75, 3.05) is 10.6 Å². The molecule has 0 saturated carbocycles. The minimum Gasteiger partial charge on any atom is -0.324 e. The van der Waals surface area contributed by atoms with Crippen LogP contribution in [0.25, 0.3) is 0 Å². The molecular weight excluding hydrogens is 347 g/mol. The normalized spacial score (nSPS) is 11.0. The van der Waals surface area contributed by atoms with Gasteiger partial charge in [0, 0.05) is 23.6 Å². The summed E-state index contributed by atoms with van der Waals surface area (Å²) < 4.78 is 37.5. The van der Waals surface area contributed by atoms with Crippen molar-refractivity contribution >= 4 is 23.2 Å². The summed E-state index contributed by atoms with van der Waals surface area (Å²) in [6.45, 7) is 0. The summed E-state index contributed by atoms with van der Waals surface area (Å²) >= 11 is 0. The van der Waals surface area contributed by atoms with Crippen LogP contribution in [-0.2, 0) is 6.18 Å². The minimum absolute atomic E-state index is 0.160. The highest BCUT2D eigenvalue weighted by molar-refractivity contribution is 6.04. The molecule has 2 aromatic heterocycles. The van der Waals surface area contributed by atoms with Crippen LogP contribution in [0.2, 0.25) is 0 Å². The Hall–Kier alpha value is -3.49. The molecule has 0 bridgehead atoms. The van der Waals surface area contributed by atoms with Gasteiger partial charge in [-0.05, 0) is 36.4 Å². The average Bonchev–Trinajstić information content (AvgIpc) is 2.62. The van der Waals surface area contributed by atoms with Crippen LogP contribution in [0.4, 0.5) is 30.5 Å². The van der Waals surface area contributed by atoms with E-state index in [1.807, 2.05) is 0 Å². The molecule has 3 aromatic rings. The highest BCUT2D eigenvalue weighted by Gasteiger charge is 2.32. The van der Waals surface area contributed by atoms with Gasteiger partial charge in [-0.2, -0.15) is 13.2 Å². The van der Waals surface area contributed by atoms with Gasteiger partial charge in [-0.3, -0.25) is 4.79 Å². The number of nitrogens with one attached hydrogen (secondary N) is 2. The number of nitrogens with zero attached hydrogens (tertiary/aromatic N) is 3. The first kappa shape index (κ1) is 17.3. The minimum atomic E-state index is -4.53. The molecule has 0 radical (unpaired) electrons. The lowest BCUT2D eigenvalue weighted by Gasteiger charge is -2.09. The molecule has 0 unspecified atom stereocenters. The van der Waals surface area contributed by atoms with Gasteiger partial charge in [0.1, 0.15) is 5.69 Å². The van der Waals surface area contributed by atoms with Crippen LogP contribution in [0.3, 0.4) is 0 Å². The lowest BCUT2D eigenvalue weighted by molar-refractivity contribution is -0.141. The number of hydrogen-bond acceptors (Lipinski definition) is 5. The third-order valence-electron chi connectivity index (χ3n) is 3.26. The van der Waals surface area contributed by atoms with E-state index < -0.39 is 17.8 Å². The summed E-state index contributed by atoms with van der Waals surface area (Å²) in [6.07, 6.45) is -0.421. The second-order valence-electron chi connectivity index (χ2n) is 5.16. The lowest BCUT2D eigenvalue weighted by Crippen LogP contribution is -2.13. The fourth-order valence-corrected chi connectivity index (χ4v) is 2.07. The van der Waals surface area contributed by atoms with E-state index in [2.05, 4.69) is 25.6 Å². The fraction of sp³-hybridized carbons (Fsp3) is 0.0588. The van der Waals surface area contributed by atoms with Crippen LogP contribution in [0, 0.1) is 0 Å². The highest BCUT2D eigenvalue weighted by Crippen LogP contribution is 2.27. The van der Waals surface area contributed by atoms with Crippen molar-refractivity contribution in [1.82, 2.24) is 15.0 Å². The molecule has 1 amide bonds. The third kappa shape index (κ3) is 4.32. The highest BCUT2D eigenvalue weighted by atomic mass is 19.4. The summed E-state index contributed by atoms with van der Waals surface area (Å²) in [7, 11) is 0. The van der Waals surface area contributed by atoms with Crippen LogP contribution in [0.5, 0.6) is 0 Å². The van der Waals surface area contributed by atoms with Gasteiger partial charge in [-0.15, -0.1) is 0 Å². The van der Waals surface area contributed by atoms with E-state index in [0.717, 1.165) is 18.3 Å². The number of pyridine rings is 1. The molecular formula is C17H12F3N5O. The number of hydrogen-bond donors (Lipinski definition) is 2. The molecule has 6 nitrogen and oxygen atoms in total. The summed E-state index contributed by atoms with van der Waals surface area (Å²) in [5, 5.41) is 5.45. The SMILES string of the molecule is O=C(Nc1ccc(C(F)(F)F)nc1)c1cccc(Nc2ncccn2)c1. The molecule has 0 aliphatic rings. The van der Waals surface area contributed by atoms with Crippen molar-refractivity contribution in [2.45, 2.75) is 6.18 Å². The molecule has 26 heavy (non-hydrogen) atoms. The monoisotopic (exact) mass is 359 g/mol. The molecule has 2 heterocycles. The second kappa shape index (κ2) is 7.18. The molecule has 0 spiro atoms. The Morgan fingerprint density at radius 1 is 0.923 bits per heavy atom. The van der Waals surface area contributed by atoms with Gasteiger partial charge in [0.05, 0.1) is 11.9 Å². The predicted octanol–water partition coefficient (Wildman–Crippen LogP) is 3.89. The van der Waals surface area contributed by atoms with Crippen LogP contribution < -0.4 is 10.6 Å². The Labute approximate surface area is 146 Å².